The van der Waals surface area contributed by atoms with Crippen molar-refractivity contribution in [2.24, 2.45) is 5.73 Å². The normalized spacial score (nSPS) is 13.8. The van der Waals surface area contributed by atoms with Crippen LogP contribution in [0, 0.1) is 0 Å². The van der Waals surface area contributed by atoms with E-state index < -0.39 is 0 Å². The van der Waals surface area contributed by atoms with Gasteiger partial charge in [0.1, 0.15) is 0 Å². The van der Waals surface area contributed by atoms with Crippen molar-refractivity contribution >= 4 is 5.91 Å². The molecule has 0 heterocycles. The van der Waals surface area contributed by atoms with E-state index in [1.807, 2.05) is 37.3 Å². The third-order valence-corrected chi connectivity index (χ3v) is 2.66. The molecule has 17 heavy (non-hydrogen) atoms. The molecule has 0 saturated heterocycles. The Morgan fingerprint density at radius 1 is 1.47 bits per heavy atom. The summed E-state index contributed by atoms with van der Waals surface area (Å²) >= 11 is 0. The molecule has 1 amide bonds. The lowest BCUT2D eigenvalue weighted by Gasteiger charge is -2.18. The second-order valence-electron chi connectivity index (χ2n) is 4.13. The van der Waals surface area contributed by atoms with Crippen LogP contribution in [0.15, 0.2) is 43.0 Å². The highest BCUT2D eigenvalue weighted by molar-refractivity contribution is 5.84. The SMILES string of the molecule is C=CCC(C)NC(=O)C(CN)c1ccccc1. The van der Waals surface area contributed by atoms with Crippen LogP contribution in [0.25, 0.3) is 0 Å². The maximum absolute atomic E-state index is 12.0. The molecule has 0 aliphatic rings. The van der Waals surface area contributed by atoms with Gasteiger partial charge in [0.2, 0.25) is 5.91 Å². The second-order valence-corrected chi connectivity index (χ2v) is 4.13. The highest BCUT2D eigenvalue weighted by atomic mass is 16.1. The molecule has 2 atom stereocenters. The van der Waals surface area contributed by atoms with Crippen LogP contribution < -0.4 is 11.1 Å². The Bertz CT molecular complexity index is 362. The predicted octanol–water partition coefficient (Wildman–Crippen LogP) is 1.81. The van der Waals surface area contributed by atoms with Crippen molar-refractivity contribution in [3.8, 4) is 0 Å². The van der Waals surface area contributed by atoms with Crippen molar-refractivity contribution in [1.29, 1.82) is 0 Å². The number of benzene rings is 1. The molecule has 1 aromatic rings. The number of carbonyl (C=O) groups excluding carboxylic acids is 1. The number of rotatable bonds is 6. The van der Waals surface area contributed by atoms with Gasteiger partial charge in [-0.25, -0.2) is 0 Å². The molecule has 0 bridgehead atoms. The lowest BCUT2D eigenvalue weighted by atomic mass is 9.98. The standard InChI is InChI=1S/C14H20N2O/c1-3-7-11(2)16-14(17)13(10-15)12-8-5-4-6-9-12/h3-6,8-9,11,13H,1,7,10,15H2,2H3,(H,16,17). The lowest BCUT2D eigenvalue weighted by molar-refractivity contribution is -0.122. The molecule has 0 radical (unpaired) electrons. The summed E-state index contributed by atoms with van der Waals surface area (Å²) in [6.45, 7) is 5.93. The van der Waals surface area contributed by atoms with Crippen LogP contribution in [-0.2, 0) is 4.79 Å². The van der Waals surface area contributed by atoms with Gasteiger partial charge in [-0.1, -0.05) is 36.4 Å². The Morgan fingerprint density at radius 3 is 2.65 bits per heavy atom. The molecule has 3 nitrogen and oxygen atoms in total. The average molecular weight is 232 g/mol. The largest absolute Gasteiger partial charge is 0.353 e. The van der Waals surface area contributed by atoms with Crippen LogP contribution in [0.3, 0.4) is 0 Å². The minimum absolute atomic E-state index is 0.0203. The molecule has 3 heteroatoms. The zero-order valence-electron chi connectivity index (χ0n) is 10.2. The first-order chi connectivity index (χ1) is 8.19. The Morgan fingerprint density at radius 2 is 2.12 bits per heavy atom. The maximum Gasteiger partial charge on any atom is 0.229 e. The van der Waals surface area contributed by atoms with E-state index in [1.54, 1.807) is 6.08 Å². The van der Waals surface area contributed by atoms with Crippen LogP contribution in [0.5, 0.6) is 0 Å². The molecule has 0 aliphatic carbocycles. The topological polar surface area (TPSA) is 55.1 Å². The number of hydrogen-bond acceptors (Lipinski definition) is 2. The number of carbonyl (C=O) groups is 1. The van der Waals surface area contributed by atoms with E-state index in [-0.39, 0.29) is 17.9 Å². The summed E-state index contributed by atoms with van der Waals surface area (Å²) < 4.78 is 0. The summed E-state index contributed by atoms with van der Waals surface area (Å²) in [6.07, 6.45) is 2.56. The molecule has 0 fully saturated rings. The Labute approximate surface area is 103 Å². The molecule has 0 spiro atoms. The predicted molar refractivity (Wildman–Crippen MR) is 70.7 cm³/mol. The van der Waals surface area contributed by atoms with Gasteiger partial charge in [-0.2, -0.15) is 0 Å². The first-order valence-electron chi connectivity index (χ1n) is 5.85. The Balaban J connectivity index is 2.68. The molecular weight excluding hydrogens is 212 g/mol. The van der Waals surface area contributed by atoms with E-state index in [0.717, 1.165) is 12.0 Å². The van der Waals surface area contributed by atoms with E-state index in [1.165, 1.54) is 0 Å². The van der Waals surface area contributed by atoms with Crippen molar-refractivity contribution in [2.75, 3.05) is 6.54 Å². The third-order valence-electron chi connectivity index (χ3n) is 2.66. The van der Waals surface area contributed by atoms with Crippen LogP contribution in [-0.4, -0.2) is 18.5 Å². The fourth-order valence-corrected chi connectivity index (χ4v) is 1.73. The Kier molecular flexibility index (Phi) is 5.43. The second kappa shape index (κ2) is 6.86. The monoisotopic (exact) mass is 232 g/mol. The molecular formula is C14H20N2O. The zero-order chi connectivity index (χ0) is 12.7. The molecule has 1 aromatic carbocycles. The van der Waals surface area contributed by atoms with E-state index in [4.69, 9.17) is 5.73 Å². The number of nitrogens with two attached hydrogens (primary N) is 1. The van der Waals surface area contributed by atoms with Crippen LogP contribution in [0.4, 0.5) is 0 Å². The minimum Gasteiger partial charge on any atom is -0.353 e. The summed E-state index contributed by atoms with van der Waals surface area (Å²) in [5, 5.41) is 2.94. The summed E-state index contributed by atoms with van der Waals surface area (Å²) in [4.78, 5) is 12.0. The van der Waals surface area contributed by atoms with E-state index in [9.17, 15) is 4.79 Å². The first-order valence-corrected chi connectivity index (χ1v) is 5.85. The van der Waals surface area contributed by atoms with Gasteiger partial charge < -0.3 is 11.1 Å². The highest BCUT2D eigenvalue weighted by Gasteiger charge is 2.19. The van der Waals surface area contributed by atoms with Gasteiger partial charge in [0.25, 0.3) is 0 Å². The fourth-order valence-electron chi connectivity index (χ4n) is 1.73. The van der Waals surface area contributed by atoms with Crippen LogP contribution in [0.1, 0.15) is 24.8 Å². The van der Waals surface area contributed by atoms with Crippen molar-refractivity contribution in [3.05, 3.63) is 48.6 Å². The summed E-state index contributed by atoms with van der Waals surface area (Å²) in [6, 6.07) is 9.70. The molecule has 0 saturated carbocycles. The van der Waals surface area contributed by atoms with Crippen molar-refractivity contribution in [1.82, 2.24) is 5.32 Å². The molecule has 0 aromatic heterocycles. The number of nitrogens with one attached hydrogen (secondary N) is 1. The highest BCUT2D eigenvalue weighted by Crippen LogP contribution is 2.14. The van der Waals surface area contributed by atoms with E-state index in [0.29, 0.717) is 6.54 Å². The van der Waals surface area contributed by atoms with Crippen molar-refractivity contribution in [2.45, 2.75) is 25.3 Å². The van der Waals surface area contributed by atoms with E-state index in [2.05, 4.69) is 11.9 Å². The lowest BCUT2D eigenvalue weighted by Crippen LogP contribution is -2.38. The first kappa shape index (κ1) is 13.5. The van der Waals surface area contributed by atoms with Gasteiger partial charge >= 0.3 is 0 Å². The summed E-state index contributed by atoms with van der Waals surface area (Å²) in [5.41, 5.74) is 6.63. The average Bonchev–Trinajstić information content (AvgIpc) is 2.31. The zero-order valence-corrected chi connectivity index (χ0v) is 10.2. The van der Waals surface area contributed by atoms with Crippen molar-refractivity contribution < 1.29 is 4.79 Å². The summed E-state index contributed by atoms with van der Waals surface area (Å²) in [5.74, 6) is -0.295. The number of hydrogen-bond donors (Lipinski definition) is 2. The van der Waals surface area contributed by atoms with Gasteiger partial charge in [0.05, 0.1) is 5.92 Å². The molecule has 1 rings (SSSR count). The van der Waals surface area contributed by atoms with Gasteiger partial charge in [-0.15, -0.1) is 6.58 Å². The van der Waals surface area contributed by atoms with Crippen molar-refractivity contribution in [3.63, 3.8) is 0 Å². The minimum atomic E-state index is -0.275. The number of amides is 1. The quantitative estimate of drug-likeness (QED) is 0.735. The molecule has 2 unspecified atom stereocenters. The Hall–Kier alpha value is -1.61. The maximum atomic E-state index is 12.0. The van der Waals surface area contributed by atoms with Gasteiger partial charge in [0, 0.05) is 12.6 Å². The van der Waals surface area contributed by atoms with Crippen LogP contribution in [0.2, 0.25) is 0 Å². The smallest absolute Gasteiger partial charge is 0.229 e. The fraction of sp³-hybridized carbons (Fsp3) is 0.357. The molecule has 92 valence electrons. The van der Waals surface area contributed by atoms with Gasteiger partial charge in [0.15, 0.2) is 0 Å². The molecule has 3 N–H and O–H groups in total. The van der Waals surface area contributed by atoms with Gasteiger partial charge in [-0.3, -0.25) is 4.79 Å². The summed E-state index contributed by atoms with van der Waals surface area (Å²) in [7, 11) is 0. The third kappa shape index (κ3) is 4.04. The van der Waals surface area contributed by atoms with E-state index >= 15 is 0 Å². The van der Waals surface area contributed by atoms with Crippen LogP contribution >= 0.6 is 0 Å². The molecule has 0 aliphatic heterocycles. The van der Waals surface area contributed by atoms with Gasteiger partial charge in [-0.05, 0) is 18.9 Å².